The summed E-state index contributed by atoms with van der Waals surface area (Å²) in [6.45, 7) is 2.09. The molecule has 0 aliphatic rings. The highest BCUT2D eigenvalue weighted by Gasteiger charge is 2.29. The molecule has 0 fully saturated rings. The molecule has 0 atom stereocenters. The van der Waals surface area contributed by atoms with Crippen LogP contribution in [0.25, 0.3) is 0 Å². The number of rotatable bonds is 3. The molecule has 0 saturated carbocycles. The lowest BCUT2D eigenvalue weighted by molar-refractivity contribution is -0.137. The smallest absolute Gasteiger partial charge is 0.365 e. The van der Waals surface area contributed by atoms with Gasteiger partial charge in [-0.3, -0.25) is 0 Å². The molecule has 2 aromatic rings. The molecule has 6 heteroatoms. The first kappa shape index (κ1) is 14.9. The Balaban J connectivity index is 2.11. The van der Waals surface area contributed by atoms with E-state index in [4.69, 9.17) is 5.26 Å². The molecule has 108 valence electrons. The molecule has 0 aliphatic carbocycles. The van der Waals surface area contributed by atoms with Gasteiger partial charge in [-0.2, -0.15) is 18.4 Å². The maximum absolute atomic E-state index is 12.5. The standard InChI is InChI=1S/C15H12F3N3/c1-10-6-7-20-14(13(10)8-19)21-9-11-2-4-12(5-3-11)15(16,17)18/h2-7H,9H2,1H3,(H,20,21). The van der Waals surface area contributed by atoms with Crippen LogP contribution in [0.4, 0.5) is 19.0 Å². The predicted molar refractivity (Wildman–Crippen MR) is 72.5 cm³/mol. The Bertz CT molecular complexity index is 670. The number of anilines is 1. The third kappa shape index (κ3) is 3.51. The fourth-order valence-electron chi connectivity index (χ4n) is 1.83. The summed E-state index contributed by atoms with van der Waals surface area (Å²) >= 11 is 0. The molecule has 2 rings (SSSR count). The fourth-order valence-corrected chi connectivity index (χ4v) is 1.83. The topological polar surface area (TPSA) is 48.7 Å². The van der Waals surface area contributed by atoms with E-state index in [1.807, 2.05) is 0 Å². The van der Waals surface area contributed by atoms with Gasteiger partial charge in [-0.05, 0) is 36.2 Å². The number of aromatic nitrogens is 1. The Morgan fingerprint density at radius 2 is 1.86 bits per heavy atom. The first-order valence-electron chi connectivity index (χ1n) is 6.17. The second-order valence-corrected chi connectivity index (χ2v) is 4.51. The van der Waals surface area contributed by atoms with Gasteiger partial charge < -0.3 is 5.32 Å². The SMILES string of the molecule is Cc1ccnc(NCc2ccc(C(F)(F)F)cc2)c1C#N. The number of hydrogen-bond acceptors (Lipinski definition) is 3. The van der Waals surface area contributed by atoms with Crippen molar-refractivity contribution >= 4 is 5.82 Å². The second-order valence-electron chi connectivity index (χ2n) is 4.51. The van der Waals surface area contributed by atoms with Gasteiger partial charge in [0.1, 0.15) is 11.9 Å². The molecule has 0 amide bonds. The average Bonchev–Trinajstić information content (AvgIpc) is 2.44. The van der Waals surface area contributed by atoms with Crippen LogP contribution in [0.2, 0.25) is 0 Å². The molecule has 3 nitrogen and oxygen atoms in total. The number of nitrogens with one attached hydrogen (secondary N) is 1. The molecular weight excluding hydrogens is 279 g/mol. The number of alkyl halides is 3. The number of aryl methyl sites for hydroxylation is 1. The van der Waals surface area contributed by atoms with Crippen LogP contribution in [-0.4, -0.2) is 4.98 Å². The van der Waals surface area contributed by atoms with Crippen LogP contribution in [-0.2, 0) is 12.7 Å². The normalized spacial score (nSPS) is 11.0. The van der Waals surface area contributed by atoms with Crippen molar-refractivity contribution in [2.24, 2.45) is 0 Å². The van der Waals surface area contributed by atoms with Crippen molar-refractivity contribution in [2.45, 2.75) is 19.6 Å². The number of nitrogens with zero attached hydrogens (tertiary/aromatic N) is 2. The number of halogens is 3. The Morgan fingerprint density at radius 3 is 2.43 bits per heavy atom. The highest BCUT2D eigenvalue weighted by atomic mass is 19.4. The van der Waals surface area contributed by atoms with Crippen LogP contribution in [0, 0.1) is 18.3 Å². The van der Waals surface area contributed by atoms with Gasteiger partial charge in [0.15, 0.2) is 0 Å². The average molecular weight is 291 g/mol. The molecule has 1 aromatic heterocycles. The van der Waals surface area contributed by atoms with E-state index in [9.17, 15) is 13.2 Å². The maximum Gasteiger partial charge on any atom is 0.416 e. The molecule has 0 unspecified atom stereocenters. The monoisotopic (exact) mass is 291 g/mol. The van der Waals surface area contributed by atoms with Crippen LogP contribution in [0.3, 0.4) is 0 Å². The van der Waals surface area contributed by atoms with Gasteiger partial charge in [0, 0.05) is 12.7 Å². The van der Waals surface area contributed by atoms with E-state index in [1.165, 1.54) is 12.1 Å². The minimum Gasteiger partial charge on any atom is -0.365 e. The van der Waals surface area contributed by atoms with E-state index in [-0.39, 0.29) is 0 Å². The van der Waals surface area contributed by atoms with Gasteiger partial charge in [-0.1, -0.05) is 12.1 Å². The van der Waals surface area contributed by atoms with Gasteiger partial charge in [0.2, 0.25) is 0 Å². The highest BCUT2D eigenvalue weighted by Crippen LogP contribution is 2.29. The summed E-state index contributed by atoms with van der Waals surface area (Å²) in [6, 6.07) is 8.65. The molecule has 0 spiro atoms. The molecule has 1 N–H and O–H groups in total. The summed E-state index contributed by atoms with van der Waals surface area (Å²) in [5.74, 6) is 0.428. The van der Waals surface area contributed by atoms with Crippen molar-refractivity contribution in [1.82, 2.24) is 4.98 Å². The minimum absolute atomic E-state index is 0.295. The summed E-state index contributed by atoms with van der Waals surface area (Å²) < 4.78 is 37.4. The van der Waals surface area contributed by atoms with Crippen molar-refractivity contribution in [1.29, 1.82) is 5.26 Å². The van der Waals surface area contributed by atoms with Crippen molar-refractivity contribution in [3.8, 4) is 6.07 Å². The zero-order valence-corrected chi connectivity index (χ0v) is 11.2. The largest absolute Gasteiger partial charge is 0.416 e. The maximum atomic E-state index is 12.5. The van der Waals surface area contributed by atoms with E-state index >= 15 is 0 Å². The first-order valence-corrected chi connectivity index (χ1v) is 6.17. The van der Waals surface area contributed by atoms with Crippen molar-refractivity contribution in [2.75, 3.05) is 5.32 Å². The predicted octanol–water partition coefficient (Wildman–Crippen LogP) is 3.89. The summed E-state index contributed by atoms with van der Waals surface area (Å²) in [5, 5.41) is 12.0. The molecule has 21 heavy (non-hydrogen) atoms. The van der Waals surface area contributed by atoms with E-state index in [1.54, 1.807) is 19.2 Å². The van der Waals surface area contributed by atoms with E-state index in [0.29, 0.717) is 23.5 Å². The lowest BCUT2D eigenvalue weighted by Gasteiger charge is -2.10. The molecule has 0 radical (unpaired) electrons. The van der Waals surface area contributed by atoms with E-state index in [0.717, 1.165) is 17.7 Å². The van der Waals surface area contributed by atoms with E-state index < -0.39 is 11.7 Å². The summed E-state index contributed by atoms with van der Waals surface area (Å²) in [4.78, 5) is 4.07. The Hall–Kier alpha value is -2.55. The third-order valence-electron chi connectivity index (χ3n) is 3.01. The third-order valence-corrected chi connectivity index (χ3v) is 3.01. The zero-order valence-electron chi connectivity index (χ0n) is 11.2. The first-order chi connectivity index (χ1) is 9.91. The second kappa shape index (κ2) is 5.83. The van der Waals surface area contributed by atoms with E-state index in [2.05, 4.69) is 16.4 Å². The molecule has 0 aliphatic heterocycles. The van der Waals surface area contributed by atoms with Crippen LogP contribution in [0.1, 0.15) is 22.3 Å². The lowest BCUT2D eigenvalue weighted by atomic mass is 10.1. The van der Waals surface area contributed by atoms with Crippen LogP contribution in [0.5, 0.6) is 0 Å². The minimum atomic E-state index is -4.34. The fraction of sp³-hybridized carbons (Fsp3) is 0.200. The van der Waals surface area contributed by atoms with Crippen molar-refractivity contribution in [3.05, 3.63) is 58.8 Å². The number of pyridine rings is 1. The number of benzene rings is 1. The quantitative estimate of drug-likeness (QED) is 0.933. The Kier molecular flexibility index (Phi) is 4.13. The Morgan fingerprint density at radius 1 is 1.19 bits per heavy atom. The number of hydrogen-bond donors (Lipinski definition) is 1. The van der Waals surface area contributed by atoms with Gasteiger partial charge in [-0.15, -0.1) is 0 Å². The molecule has 0 bridgehead atoms. The lowest BCUT2D eigenvalue weighted by Crippen LogP contribution is -2.07. The Labute approximate surface area is 120 Å². The van der Waals surface area contributed by atoms with Crippen LogP contribution < -0.4 is 5.32 Å². The van der Waals surface area contributed by atoms with Gasteiger partial charge in [0.05, 0.1) is 11.1 Å². The number of nitriles is 1. The highest BCUT2D eigenvalue weighted by molar-refractivity contribution is 5.55. The summed E-state index contributed by atoms with van der Waals surface area (Å²) in [5.41, 5.74) is 1.22. The van der Waals surface area contributed by atoms with Crippen molar-refractivity contribution in [3.63, 3.8) is 0 Å². The molecular formula is C15H12F3N3. The summed E-state index contributed by atoms with van der Waals surface area (Å²) in [7, 11) is 0. The summed E-state index contributed by atoms with van der Waals surface area (Å²) in [6.07, 6.45) is -2.76. The molecule has 1 aromatic carbocycles. The molecule has 0 saturated heterocycles. The van der Waals surface area contributed by atoms with Crippen molar-refractivity contribution < 1.29 is 13.2 Å². The van der Waals surface area contributed by atoms with Crippen LogP contribution >= 0.6 is 0 Å². The van der Waals surface area contributed by atoms with Gasteiger partial charge in [-0.25, -0.2) is 4.98 Å². The van der Waals surface area contributed by atoms with Gasteiger partial charge in [0.25, 0.3) is 0 Å². The molecule has 1 heterocycles. The van der Waals surface area contributed by atoms with Gasteiger partial charge >= 0.3 is 6.18 Å². The van der Waals surface area contributed by atoms with Crippen LogP contribution in [0.15, 0.2) is 36.5 Å². The zero-order chi connectivity index (χ0) is 15.5.